The average Bonchev–Trinajstić information content (AvgIpc) is 3.28. The Morgan fingerprint density at radius 3 is 2.67 bits per heavy atom. The molecule has 0 radical (unpaired) electrons. The van der Waals surface area contributed by atoms with Gasteiger partial charge in [-0.2, -0.15) is 18.3 Å². The number of nitrogens with one attached hydrogen (secondary N) is 2. The van der Waals surface area contributed by atoms with Gasteiger partial charge in [0.15, 0.2) is 11.3 Å². The quantitative estimate of drug-likeness (QED) is 0.588. The third-order valence-electron chi connectivity index (χ3n) is 4.26. The fourth-order valence-electron chi connectivity index (χ4n) is 2.51. The Morgan fingerprint density at radius 1 is 1.23 bits per heavy atom. The van der Waals surface area contributed by atoms with Crippen LogP contribution in [-0.2, 0) is 17.9 Å². The van der Waals surface area contributed by atoms with E-state index in [1.54, 1.807) is 19.2 Å². The number of aromatic nitrogens is 5. The predicted octanol–water partition coefficient (Wildman–Crippen LogP) is 1.56. The standard InChI is InChI=1S/C17H18F3N7O3/c1-9(17(18,19)20)3-14(28)21-5-11-4-13-24-12(8-27(13)23-6-11)7-22-16(29)15-10(2)25-30-26-15/h4,6,8-9H,3,5,7H2,1-2H3,(H,21,28)(H,22,29)/t9-/m1/s1. The van der Waals surface area contributed by atoms with Crippen LogP contribution in [0.5, 0.6) is 0 Å². The van der Waals surface area contributed by atoms with Gasteiger partial charge in [-0.05, 0) is 23.7 Å². The summed E-state index contributed by atoms with van der Waals surface area (Å²) in [6.07, 6.45) is -1.99. The SMILES string of the molecule is Cc1nonc1C(=O)NCc1cn2ncc(CNC(=O)C[C@@H](C)C(F)(F)F)cc2n1. The molecule has 160 valence electrons. The van der Waals surface area contributed by atoms with Gasteiger partial charge in [-0.3, -0.25) is 9.59 Å². The fourth-order valence-corrected chi connectivity index (χ4v) is 2.51. The maximum absolute atomic E-state index is 12.5. The first kappa shape index (κ1) is 21.2. The zero-order valence-corrected chi connectivity index (χ0v) is 16.0. The smallest absolute Gasteiger partial charge is 0.352 e. The van der Waals surface area contributed by atoms with Crippen molar-refractivity contribution in [3.63, 3.8) is 0 Å². The number of nitrogens with zero attached hydrogens (tertiary/aromatic N) is 5. The highest BCUT2D eigenvalue weighted by Crippen LogP contribution is 2.28. The summed E-state index contributed by atoms with van der Waals surface area (Å²) in [6.45, 7) is 2.67. The Hall–Kier alpha value is -3.51. The molecule has 0 aromatic carbocycles. The van der Waals surface area contributed by atoms with Gasteiger partial charge in [-0.15, -0.1) is 0 Å². The van der Waals surface area contributed by atoms with Gasteiger partial charge >= 0.3 is 6.18 Å². The van der Waals surface area contributed by atoms with Gasteiger partial charge in [0.25, 0.3) is 5.91 Å². The molecule has 3 rings (SSSR count). The Morgan fingerprint density at radius 2 is 2.00 bits per heavy atom. The average molecular weight is 425 g/mol. The molecular weight excluding hydrogens is 407 g/mol. The van der Waals surface area contributed by atoms with Crippen LogP contribution in [0, 0.1) is 12.8 Å². The Kier molecular flexibility index (Phi) is 5.99. The topological polar surface area (TPSA) is 127 Å². The van der Waals surface area contributed by atoms with E-state index in [0.717, 1.165) is 6.92 Å². The van der Waals surface area contributed by atoms with Crippen LogP contribution < -0.4 is 10.6 Å². The number of aryl methyl sites for hydroxylation is 1. The van der Waals surface area contributed by atoms with Crippen LogP contribution in [0.25, 0.3) is 5.65 Å². The molecule has 0 aliphatic heterocycles. The molecule has 2 N–H and O–H groups in total. The van der Waals surface area contributed by atoms with Crippen molar-refractivity contribution >= 4 is 17.5 Å². The molecule has 0 bridgehead atoms. The minimum Gasteiger partial charge on any atom is -0.352 e. The van der Waals surface area contributed by atoms with E-state index in [4.69, 9.17) is 0 Å². The molecule has 30 heavy (non-hydrogen) atoms. The lowest BCUT2D eigenvalue weighted by Gasteiger charge is -2.14. The van der Waals surface area contributed by atoms with Crippen LogP contribution in [0.15, 0.2) is 23.1 Å². The highest BCUT2D eigenvalue weighted by molar-refractivity contribution is 5.92. The second kappa shape index (κ2) is 8.47. The number of alkyl halides is 3. The van der Waals surface area contributed by atoms with Gasteiger partial charge in [-0.25, -0.2) is 14.1 Å². The predicted molar refractivity (Wildman–Crippen MR) is 94.9 cm³/mol. The Balaban J connectivity index is 1.57. The van der Waals surface area contributed by atoms with Crippen molar-refractivity contribution in [2.45, 2.75) is 39.5 Å². The van der Waals surface area contributed by atoms with E-state index >= 15 is 0 Å². The lowest BCUT2D eigenvalue weighted by molar-refractivity contribution is -0.174. The maximum atomic E-state index is 12.5. The van der Waals surface area contributed by atoms with Gasteiger partial charge in [0.1, 0.15) is 5.69 Å². The van der Waals surface area contributed by atoms with E-state index in [0.29, 0.717) is 22.6 Å². The van der Waals surface area contributed by atoms with Crippen molar-refractivity contribution in [3.05, 3.63) is 41.1 Å². The van der Waals surface area contributed by atoms with E-state index in [-0.39, 0.29) is 18.8 Å². The van der Waals surface area contributed by atoms with Crippen LogP contribution in [0.4, 0.5) is 13.2 Å². The third kappa shape index (κ3) is 5.10. The molecule has 0 saturated carbocycles. The molecule has 1 atom stereocenters. The zero-order chi connectivity index (χ0) is 21.9. The second-order valence-corrected chi connectivity index (χ2v) is 6.70. The molecule has 0 aliphatic rings. The van der Waals surface area contributed by atoms with E-state index < -0.39 is 30.3 Å². The van der Waals surface area contributed by atoms with Gasteiger partial charge < -0.3 is 10.6 Å². The van der Waals surface area contributed by atoms with Gasteiger partial charge in [0.05, 0.1) is 30.6 Å². The van der Waals surface area contributed by atoms with Crippen LogP contribution in [0.1, 0.15) is 40.8 Å². The summed E-state index contributed by atoms with van der Waals surface area (Å²) in [5.41, 5.74) is 1.98. The monoisotopic (exact) mass is 425 g/mol. The normalized spacial score (nSPS) is 12.7. The molecule has 0 saturated heterocycles. The minimum absolute atomic E-state index is 0.0181. The van der Waals surface area contributed by atoms with Gasteiger partial charge in [-0.1, -0.05) is 12.1 Å². The fraction of sp³-hybridized carbons (Fsp3) is 0.412. The summed E-state index contributed by atoms with van der Waals surface area (Å²) in [5, 5.41) is 16.3. The molecule has 3 heterocycles. The van der Waals surface area contributed by atoms with E-state index in [2.05, 4.69) is 35.7 Å². The molecular formula is C17H18F3N7O3. The number of halogens is 3. The van der Waals surface area contributed by atoms with Crippen LogP contribution >= 0.6 is 0 Å². The zero-order valence-electron chi connectivity index (χ0n) is 16.0. The second-order valence-electron chi connectivity index (χ2n) is 6.70. The Labute approximate surface area is 167 Å². The molecule has 3 aromatic rings. The maximum Gasteiger partial charge on any atom is 0.392 e. The van der Waals surface area contributed by atoms with Crippen molar-refractivity contribution in [3.8, 4) is 0 Å². The van der Waals surface area contributed by atoms with E-state index in [9.17, 15) is 22.8 Å². The molecule has 0 fully saturated rings. The van der Waals surface area contributed by atoms with Crippen molar-refractivity contribution in [2.75, 3.05) is 0 Å². The molecule has 10 nitrogen and oxygen atoms in total. The van der Waals surface area contributed by atoms with Gasteiger partial charge in [0.2, 0.25) is 5.91 Å². The molecule has 0 aliphatic carbocycles. The van der Waals surface area contributed by atoms with Crippen LogP contribution in [0.2, 0.25) is 0 Å². The number of hydrogen-bond acceptors (Lipinski definition) is 7. The van der Waals surface area contributed by atoms with Crippen LogP contribution in [-0.4, -0.2) is 42.9 Å². The number of carbonyl (C=O) groups is 2. The number of amides is 2. The lowest BCUT2D eigenvalue weighted by atomic mass is 10.1. The number of carbonyl (C=O) groups excluding carboxylic acids is 2. The molecule has 0 spiro atoms. The first-order valence-corrected chi connectivity index (χ1v) is 8.87. The summed E-state index contributed by atoms with van der Waals surface area (Å²) < 4.78 is 43.5. The van der Waals surface area contributed by atoms with Crippen molar-refractivity contribution in [2.24, 2.45) is 5.92 Å². The van der Waals surface area contributed by atoms with Crippen molar-refractivity contribution in [1.29, 1.82) is 0 Å². The van der Waals surface area contributed by atoms with E-state index in [1.807, 2.05) is 0 Å². The van der Waals surface area contributed by atoms with Crippen molar-refractivity contribution < 1.29 is 27.4 Å². The first-order chi connectivity index (χ1) is 14.1. The van der Waals surface area contributed by atoms with Gasteiger partial charge in [0, 0.05) is 13.0 Å². The summed E-state index contributed by atoms with van der Waals surface area (Å²) in [5.74, 6) is -2.89. The van der Waals surface area contributed by atoms with Crippen LogP contribution in [0.3, 0.4) is 0 Å². The lowest BCUT2D eigenvalue weighted by Crippen LogP contribution is -2.29. The largest absolute Gasteiger partial charge is 0.392 e. The Bertz CT molecular complexity index is 1060. The number of fused-ring (bicyclic) bond motifs is 1. The molecule has 3 aromatic heterocycles. The summed E-state index contributed by atoms with van der Waals surface area (Å²) in [4.78, 5) is 28.0. The number of imidazole rings is 1. The number of hydrogen-bond donors (Lipinski definition) is 2. The summed E-state index contributed by atoms with van der Waals surface area (Å²) >= 11 is 0. The summed E-state index contributed by atoms with van der Waals surface area (Å²) in [6, 6.07) is 1.64. The van der Waals surface area contributed by atoms with Crippen molar-refractivity contribution in [1.82, 2.24) is 35.5 Å². The highest BCUT2D eigenvalue weighted by Gasteiger charge is 2.37. The number of rotatable bonds is 7. The molecule has 13 heteroatoms. The minimum atomic E-state index is -4.41. The molecule has 2 amide bonds. The first-order valence-electron chi connectivity index (χ1n) is 8.87. The highest BCUT2D eigenvalue weighted by atomic mass is 19.4. The van der Waals surface area contributed by atoms with E-state index in [1.165, 1.54) is 10.7 Å². The third-order valence-corrected chi connectivity index (χ3v) is 4.26. The molecule has 0 unspecified atom stereocenters. The summed E-state index contributed by atoms with van der Waals surface area (Å²) in [7, 11) is 0.